The van der Waals surface area contributed by atoms with E-state index in [0.29, 0.717) is 0 Å². The highest BCUT2D eigenvalue weighted by Gasteiger charge is 1.81. The molecule has 0 saturated heterocycles. The molecule has 1 N–H and O–H groups in total. The molecule has 0 saturated carbocycles. The van der Waals surface area contributed by atoms with Crippen LogP contribution in [0.25, 0.3) is 0 Å². The van der Waals surface area contributed by atoms with Crippen LogP contribution in [-0.2, 0) is 0 Å². The summed E-state index contributed by atoms with van der Waals surface area (Å²) in [7, 11) is 0. The molecule has 0 fully saturated rings. The first-order valence-electron chi connectivity index (χ1n) is 2.52. The Hall–Kier alpha value is -0.360. The van der Waals surface area contributed by atoms with Crippen LogP contribution in [0.4, 0.5) is 0 Å². The van der Waals surface area contributed by atoms with Gasteiger partial charge in [-0.3, -0.25) is 0 Å². The van der Waals surface area contributed by atoms with Crippen molar-refractivity contribution < 1.29 is 0 Å². The first kappa shape index (κ1) is 7.64. The normalized spacial score (nSPS) is 8.00. The van der Waals surface area contributed by atoms with Crippen LogP contribution in [0, 0.1) is 11.5 Å². The van der Waals surface area contributed by atoms with Crippen molar-refractivity contribution in [1.29, 1.82) is 5.26 Å². The molecule has 3 heteroatoms. The number of thioether (sulfide) groups is 1. The molecular weight excluding hydrogens is 120 g/mol. The molecule has 0 unspecified atom stereocenters. The minimum absolute atomic E-state index is 0.817. The van der Waals surface area contributed by atoms with Gasteiger partial charge in [-0.15, -0.1) is 0 Å². The van der Waals surface area contributed by atoms with Gasteiger partial charge in [-0.25, -0.2) is 0 Å². The first-order valence-corrected chi connectivity index (χ1v) is 3.92. The average Bonchev–Trinajstić information content (AvgIpc) is 1.81. The molecule has 0 aliphatic rings. The van der Waals surface area contributed by atoms with Gasteiger partial charge in [0.05, 0.1) is 0 Å². The van der Waals surface area contributed by atoms with E-state index in [9.17, 15) is 0 Å². The molecule has 0 bridgehead atoms. The van der Waals surface area contributed by atoms with Gasteiger partial charge in [-0.2, -0.15) is 17.0 Å². The highest BCUT2D eigenvalue weighted by molar-refractivity contribution is 7.98. The predicted octanol–water partition coefficient (Wildman–Crippen LogP) is 0.810. The second-order valence-corrected chi connectivity index (χ2v) is 2.37. The van der Waals surface area contributed by atoms with E-state index in [0.717, 1.165) is 18.7 Å². The van der Waals surface area contributed by atoms with Crippen molar-refractivity contribution in [2.75, 3.05) is 18.6 Å². The smallest absolute Gasteiger partial charge is 0.176 e. The quantitative estimate of drug-likeness (QED) is 0.347. The van der Waals surface area contributed by atoms with E-state index in [1.54, 1.807) is 11.8 Å². The summed E-state index contributed by atoms with van der Waals surface area (Å²) in [5.41, 5.74) is 0. The molecule has 0 radical (unpaired) electrons. The number of nitrogens with zero attached hydrogens (tertiary/aromatic N) is 1. The van der Waals surface area contributed by atoms with E-state index in [1.807, 2.05) is 6.19 Å². The Balaban J connectivity index is 2.65. The van der Waals surface area contributed by atoms with Crippen molar-refractivity contribution in [3.63, 3.8) is 0 Å². The first-order chi connectivity index (χ1) is 3.91. The maximum Gasteiger partial charge on any atom is 0.176 e. The minimum atomic E-state index is 0.817. The van der Waals surface area contributed by atoms with Crippen molar-refractivity contribution >= 4 is 11.8 Å². The third kappa shape index (κ3) is 5.64. The molecule has 0 atom stereocenters. The lowest BCUT2D eigenvalue weighted by molar-refractivity contribution is 0.827. The average molecular weight is 130 g/mol. The summed E-state index contributed by atoms with van der Waals surface area (Å²) in [5, 5.41) is 10.6. The van der Waals surface area contributed by atoms with Gasteiger partial charge in [0.15, 0.2) is 6.19 Å². The lowest BCUT2D eigenvalue weighted by atomic mass is 10.5. The molecule has 8 heavy (non-hydrogen) atoms. The second-order valence-electron chi connectivity index (χ2n) is 1.38. The molecule has 0 aliphatic carbocycles. The monoisotopic (exact) mass is 130 g/mol. The second kappa shape index (κ2) is 6.64. The van der Waals surface area contributed by atoms with Gasteiger partial charge in [0.1, 0.15) is 0 Å². The summed E-state index contributed by atoms with van der Waals surface area (Å²) in [4.78, 5) is 0. The Kier molecular flexibility index (Phi) is 6.34. The largest absolute Gasteiger partial charge is 0.324 e. The maximum absolute atomic E-state index is 8.00. The van der Waals surface area contributed by atoms with Crippen molar-refractivity contribution in [2.24, 2.45) is 0 Å². The minimum Gasteiger partial charge on any atom is -0.324 e. The fourth-order valence-electron chi connectivity index (χ4n) is 0.361. The van der Waals surface area contributed by atoms with E-state index in [1.165, 1.54) is 0 Å². The molecule has 2 nitrogen and oxygen atoms in total. The molecule has 0 aromatic heterocycles. The molecule has 0 aromatic carbocycles. The number of hydrogen-bond donors (Lipinski definition) is 1. The number of nitriles is 1. The van der Waals surface area contributed by atoms with Gasteiger partial charge >= 0.3 is 0 Å². The molecule has 46 valence electrons. The third-order valence-electron chi connectivity index (χ3n) is 0.729. The van der Waals surface area contributed by atoms with E-state index < -0.39 is 0 Å². The zero-order valence-corrected chi connectivity index (χ0v) is 5.79. The Bertz CT molecular complexity index is 77.0. The Morgan fingerprint density at radius 1 is 1.75 bits per heavy atom. The van der Waals surface area contributed by atoms with Gasteiger partial charge < -0.3 is 5.32 Å². The molecule has 0 heterocycles. The summed E-state index contributed by atoms with van der Waals surface area (Å²) in [6.45, 7) is 0.817. The van der Waals surface area contributed by atoms with Crippen molar-refractivity contribution in [1.82, 2.24) is 5.32 Å². The van der Waals surface area contributed by atoms with Crippen molar-refractivity contribution in [3.05, 3.63) is 0 Å². The van der Waals surface area contributed by atoms with Crippen LogP contribution in [-0.4, -0.2) is 18.6 Å². The lowest BCUT2D eigenvalue weighted by Crippen LogP contribution is -2.07. The van der Waals surface area contributed by atoms with Gasteiger partial charge in [0, 0.05) is 6.54 Å². The van der Waals surface area contributed by atoms with Crippen molar-refractivity contribution in [3.8, 4) is 6.19 Å². The molecule has 0 amide bonds. The summed E-state index contributed by atoms with van der Waals surface area (Å²) in [5.74, 6) is 1.13. The molecule has 0 rings (SSSR count). The molecule has 0 aliphatic heterocycles. The highest BCUT2D eigenvalue weighted by atomic mass is 32.2. The maximum atomic E-state index is 8.00. The number of hydrogen-bond acceptors (Lipinski definition) is 3. The van der Waals surface area contributed by atoms with Crippen LogP contribution in [0.3, 0.4) is 0 Å². The van der Waals surface area contributed by atoms with Crippen LogP contribution >= 0.6 is 11.8 Å². The topological polar surface area (TPSA) is 35.8 Å². The number of rotatable bonds is 4. The highest BCUT2D eigenvalue weighted by Crippen LogP contribution is 1.92. The Morgan fingerprint density at radius 2 is 2.50 bits per heavy atom. The van der Waals surface area contributed by atoms with E-state index >= 15 is 0 Å². The fraction of sp³-hybridized carbons (Fsp3) is 0.800. The van der Waals surface area contributed by atoms with Gasteiger partial charge in [-0.05, 0) is 18.4 Å². The number of nitrogens with one attached hydrogen (secondary N) is 1. The summed E-state index contributed by atoms with van der Waals surface area (Å²) < 4.78 is 0. The van der Waals surface area contributed by atoms with Crippen molar-refractivity contribution in [2.45, 2.75) is 6.42 Å². The summed E-state index contributed by atoms with van der Waals surface area (Å²) >= 11 is 1.80. The van der Waals surface area contributed by atoms with E-state index in [-0.39, 0.29) is 0 Å². The van der Waals surface area contributed by atoms with Crippen LogP contribution in [0.15, 0.2) is 0 Å². The van der Waals surface area contributed by atoms with Gasteiger partial charge in [0.2, 0.25) is 0 Å². The van der Waals surface area contributed by atoms with E-state index in [2.05, 4.69) is 11.6 Å². The van der Waals surface area contributed by atoms with Crippen LogP contribution in [0.5, 0.6) is 0 Å². The SMILES string of the molecule is CSCCCNC#N. The molecule has 0 spiro atoms. The van der Waals surface area contributed by atoms with Crippen LogP contribution in [0.1, 0.15) is 6.42 Å². The van der Waals surface area contributed by atoms with Crippen LogP contribution < -0.4 is 5.32 Å². The third-order valence-corrected chi connectivity index (χ3v) is 1.43. The van der Waals surface area contributed by atoms with Gasteiger partial charge in [-0.1, -0.05) is 0 Å². The fourth-order valence-corrected chi connectivity index (χ4v) is 0.794. The van der Waals surface area contributed by atoms with E-state index in [4.69, 9.17) is 5.26 Å². The van der Waals surface area contributed by atoms with Crippen LogP contribution in [0.2, 0.25) is 0 Å². The predicted molar refractivity (Wildman–Crippen MR) is 36.6 cm³/mol. The standard InChI is InChI=1S/C5H10N2S/c1-8-4-2-3-7-5-6/h7H,2-4H2,1H3. The van der Waals surface area contributed by atoms with Gasteiger partial charge in [0.25, 0.3) is 0 Å². The Morgan fingerprint density at radius 3 is 3.00 bits per heavy atom. The lowest BCUT2D eigenvalue weighted by Gasteiger charge is -1.92. The summed E-state index contributed by atoms with van der Waals surface area (Å²) in [6.07, 6.45) is 5.01. The zero-order valence-electron chi connectivity index (χ0n) is 4.98. The molecular formula is C5H10N2S. The molecule has 0 aromatic rings. The summed E-state index contributed by atoms with van der Waals surface area (Å²) in [6, 6.07) is 0. The zero-order chi connectivity index (χ0) is 6.24. The Labute approximate surface area is 54.3 Å².